The number of cyclic esters (lactones) is 2. The zero-order valence-electron chi connectivity index (χ0n) is 6.71. The van der Waals surface area contributed by atoms with E-state index in [9.17, 15) is 14.7 Å². The summed E-state index contributed by atoms with van der Waals surface area (Å²) in [6, 6.07) is 0. The highest BCUT2D eigenvalue weighted by atomic mass is 16.6. The van der Waals surface area contributed by atoms with Gasteiger partial charge in [-0.15, -0.1) is 0 Å². The van der Waals surface area contributed by atoms with E-state index in [4.69, 9.17) is 10.2 Å². The van der Waals surface area contributed by atoms with E-state index >= 15 is 0 Å². The maximum atomic E-state index is 10.9. The van der Waals surface area contributed by atoms with Crippen LogP contribution in [-0.4, -0.2) is 46.1 Å². The standard InChI is InChI=1S/C7H10O6/c8-2-4(9)6(11)3-1-5(10)13-7(3)12/h3-4,6,8-9,11H,1-2H2. The molecule has 13 heavy (non-hydrogen) atoms. The van der Waals surface area contributed by atoms with E-state index in [0.717, 1.165) is 0 Å². The average molecular weight is 190 g/mol. The van der Waals surface area contributed by atoms with Gasteiger partial charge < -0.3 is 20.1 Å². The van der Waals surface area contributed by atoms with Crippen molar-refractivity contribution in [1.29, 1.82) is 0 Å². The molecule has 1 heterocycles. The molecule has 6 heteroatoms. The van der Waals surface area contributed by atoms with Crippen LogP contribution in [0.1, 0.15) is 6.42 Å². The Balaban J connectivity index is 2.61. The minimum Gasteiger partial charge on any atom is -0.394 e. The van der Waals surface area contributed by atoms with Crippen molar-refractivity contribution in [2.24, 2.45) is 5.92 Å². The third kappa shape index (κ3) is 2.03. The Labute approximate surface area is 73.7 Å². The van der Waals surface area contributed by atoms with E-state index in [2.05, 4.69) is 4.74 Å². The predicted molar refractivity (Wildman–Crippen MR) is 38.3 cm³/mol. The molecule has 1 rings (SSSR count). The molecule has 6 nitrogen and oxygen atoms in total. The molecule has 0 bridgehead atoms. The van der Waals surface area contributed by atoms with Crippen molar-refractivity contribution in [2.45, 2.75) is 18.6 Å². The topological polar surface area (TPSA) is 104 Å². The van der Waals surface area contributed by atoms with Gasteiger partial charge >= 0.3 is 11.9 Å². The largest absolute Gasteiger partial charge is 0.394 e. The zero-order chi connectivity index (χ0) is 10.0. The number of carbonyl (C=O) groups excluding carboxylic acids is 2. The van der Waals surface area contributed by atoms with Crippen molar-refractivity contribution in [3.63, 3.8) is 0 Å². The van der Waals surface area contributed by atoms with Gasteiger partial charge in [-0.25, -0.2) is 0 Å². The molecule has 3 atom stereocenters. The van der Waals surface area contributed by atoms with Crippen molar-refractivity contribution in [1.82, 2.24) is 0 Å². The summed E-state index contributed by atoms with van der Waals surface area (Å²) in [5, 5.41) is 26.7. The Morgan fingerprint density at radius 2 is 2.08 bits per heavy atom. The first kappa shape index (κ1) is 10.1. The summed E-state index contributed by atoms with van der Waals surface area (Å²) in [4.78, 5) is 21.4. The van der Waals surface area contributed by atoms with Crippen molar-refractivity contribution in [2.75, 3.05) is 6.61 Å². The van der Waals surface area contributed by atoms with Crippen molar-refractivity contribution < 1.29 is 29.6 Å². The van der Waals surface area contributed by atoms with Crippen LogP contribution in [-0.2, 0) is 14.3 Å². The highest BCUT2D eigenvalue weighted by molar-refractivity contribution is 5.94. The first-order chi connectivity index (χ1) is 6.06. The number of aliphatic hydroxyl groups excluding tert-OH is 3. The van der Waals surface area contributed by atoms with Crippen molar-refractivity contribution >= 4 is 11.9 Å². The minimum atomic E-state index is -1.45. The van der Waals surface area contributed by atoms with Crippen LogP contribution in [0.25, 0.3) is 0 Å². The molecule has 0 spiro atoms. The van der Waals surface area contributed by atoms with E-state index in [1.54, 1.807) is 0 Å². The quantitative estimate of drug-likeness (QED) is 0.344. The molecule has 1 saturated heterocycles. The summed E-state index contributed by atoms with van der Waals surface area (Å²) >= 11 is 0. The molecule has 3 N–H and O–H groups in total. The highest BCUT2D eigenvalue weighted by Crippen LogP contribution is 2.21. The van der Waals surface area contributed by atoms with Crippen LogP contribution in [0.4, 0.5) is 0 Å². The summed E-state index contributed by atoms with van der Waals surface area (Å²) in [5.74, 6) is -2.64. The molecule has 0 aromatic carbocycles. The number of aliphatic hydroxyl groups is 3. The number of hydrogen-bond acceptors (Lipinski definition) is 6. The molecule has 0 saturated carbocycles. The Bertz CT molecular complexity index is 225. The summed E-state index contributed by atoms with van der Waals surface area (Å²) in [6.45, 7) is -0.668. The Morgan fingerprint density at radius 1 is 1.46 bits per heavy atom. The Hall–Kier alpha value is -0.980. The molecule has 0 aromatic rings. The van der Waals surface area contributed by atoms with Crippen LogP contribution in [0, 0.1) is 5.92 Å². The summed E-state index contributed by atoms with van der Waals surface area (Å²) in [6.07, 6.45) is -3.13. The average Bonchev–Trinajstić information content (AvgIpc) is 2.42. The van der Waals surface area contributed by atoms with E-state index in [0.29, 0.717) is 0 Å². The van der Waals surface area contributed by atoms with E-state index < -0.39 is 36.7 Å². The van der Waals surface area contributed by atoms with Gasteiger partial charge in [0.05, 0.1) is 25.0 Å². The van der Waals surface area contributed by atoms with Crippen LogP contribution < -0.4 is 0 Å². The molecule has 74 valence electrons. The second-order valence-electron chi connectivity index (χ2n) is 2.84. The molecule has 3 unspecified atom stereocenters. The van der Waals surface area contributed by atoms with Gasteiger partial charge in [-0.1, -0.05) is 0 Å². The SMILES string of the molecule is O=C1CC(C(O)C(O)CO)C(=O)O1. The second kappa shape index (κ2) is 3.82. The zero-order valence-corrected chi connectivity index (χ0v) is 6.71. The number of carbonyl (C=O) groups is 2. The molecule has 0 radical (unpaired) electrons. The van der Waals surface area contributed by atoms with Gasteiger partial charge in [0.15, 0.2) is 0 Å². The Morgan fingerprint density at radius 3 is 2.46 bits per heavy atom. The van der Waals surface area contributed by atoms with Gasteiger partial charge in [0.2, 0.25) is 0 Å². The monoisotopic (exact) mass is 190 g/mol. The molecular formula is C7H10O6. The van der Waals surface area contributed by atoms with Gasteiger partial charge in [-0.05, 0) is 0 Å². The van der Waals surface area contributed by atoms with E-state index in [1.807, 2.05) is 0 Å². The second-order valence-corrected chi connectivity index (χ2v) is 2.84. The third-order valence-electron chi connectivity index (χ3n) is 1.90. The first-order valence-electron chi connectivity index (χ1n) is 3.77. The lowest BCUT2D eigenvalue weighted by atomic mass is 9.97. The lowest BCUT2D eigenvalue weighted by Crippen LogP contribution is -2.38. The number of rotatable bonds is 3. The fourth-order valence-corrected chi connectivity index (χ4v) is 1.13. The van der Waals surface area contributed by atoms with Crippen molar-refractivity contribution in [3.05, 3.63) is 0 Å². The van der Waals surface area contributed by atoms with Crippen LogP contribution in [0.15, 0.2) is 0 Å². The molecule has 1 aliphatic heterocycles. The lowest BCUT2D eigenvalue weighted by Gasteiger charge is -2.17. The molecular weight excluding hydrogens is 180 g/mol. The highest BCUT2D eigenvalue weighted by Gasteiger charge is 2.41. The van der Waals surface area contributed by atoms with Gasteiger partial charge in [0.1, 0.15) is 6.10 Å². The maximum Gasteiger partial charge on any atom is 0.319 e. The normalized spacial score (nSPS) is 27.2. The van der Waals surface area contributed by atoms with Gasteiger partial charge in [-0.3, -0.25) is 9.59 Å². The number of esters is 2. The smallest absolute Gasteiger partial charge is 0.319 e. The minimum absolute atomic E-state index is 0.253. The lowest BCUT2D eigenvalue weighted by molar-refractivity contribution is -0.155. The van der Waals surface area contributed by atoms with Gasteiger partial charge in [0, 0.05) is 0 Å². The fourth-order valence-electron chi connectivity index (χ4n) is 1.13. The van der Waals surface area contributed by atoms with Crippen molar-refractivity contribution in [3.8, 4) is 0 Å². The molecule has 1 aliphatic rings. The maximum absolute atomic E-state index is 10.9. The number of hydrogen-bond donors (Lipinski definition) is 3. The third-order valence-corrected chi connectivity index (χ3v) is 1.90. The first-order valence-corrected chi connectivity index (χ1v) is 3.77. The van der Waals surface area contributed by atoms with Crippen LogP contribution in [0.2, 0.25) is 0 Å². The van der Waals surface area contributed by atoms with Crippen LogP contribution in [0.3, 0.4) is 0 Å². The predicted octanol–water partition coefficient (Wildman–Crippen LogP) is -2.21. The molecule has 0 aromatic heterocycles. The van der Waals surface area contributed by atoms with E-state index in [1.165, 1.54) is 0 Å². The molecule has 0 amide bonds. The van der Waals surface area contributed by atoms with Gasteiger partial charge in [-0.2, -0.15) is 0 Å². The number of ether oxygens (including phenoxy) is 1. The molecule has 1 fully saturated rings. The summed E-state index contributed by atoms with van der Waals surface area (Å²) < 4.78 is 4.16. The van der Waals surface area contributed by atoms with Gasteiger partial charge in [0.25, 0.3) is 0 Å². The molecule has 0 aliphatic carbocycles. The van der Waals surface area contributed by atoms with E-state index in [-0.39, 0.29) is 6.42 Å². The summed E-state index contributed by atoms with van der Waals surface area (Å²) in [5.41, 5.74) is 0. The van der Waals surface area contributed by atoms with Crippen LogP contribution >= 0.6 is 0 Å². The Kier molecular flexibility index (Phi) is 2.97. The van der Waals surface area contributed by atoms with Crippen LogP contribution in [0.5, 0.6) is 0 Å². The summed E-state index contributed by atoms with van der Waals surface area (Å²) in [7, 11) is 0. The fraction of sp³-hybridized carbons (Fsp3) is 0.714.